The van der Waals surface area contributed by atoms with Crippen LogP contribution in [0.25, 0.3) is 0 Å². The number of hydrogen-bond donors (Lipinski definition) is 6. The fourth-order valence-electron chi connectivity index (χ4n) is 4.61. The minimum Gasteiger partial charge on any atom is -0.480 e. The van der Waals surface area contributed by atoms with Gasteiger partial charge >= 0.3 is 23.9 Å². The van der Waals surface area contributed by atoms with Gasteiger partial charge in [-0.25, -0.2) is 0 Å². The molecule has 0 spiro atoms. The molecule has 1 atom stereocenters. The van der Waals surface area contributed by atoms with E-state index >= 15 is 0 Å². The first-order valence-corrected chi connectivity index (χ1v) is 14.0. The number of carbonyl (C=O) groups is 4. The molecule has 0 aromatic carbocycles. The molecule has 0 bridgehead atoms. The van der Waals surface area contributed by atoms with E-state index in [0.717, 1.165) is 0 Å². The van der Waals surface area contributed by atoms with Crippen molar-refractivity contribution in [2.45, 2.75) is 38.5 Å². The monoisotopic (exact) mass is 607 g/mol. The van der Waals surface area contributed by atoms with Crippen LogP contribution in [0.15, 0.2) is 0 Å². The maximum absolute atomic E-state index is 12.5. The van der Waals surface area contributed by atoms with E-state index in [1.807, 2.05) is 4.90 Å². The number of carboxylic acid groups (broad SMARTS) is 3. The Bertz CT molecular complexity index is 821. The molecule has 0 aromatic rings. The van der Waals surface area contributed by atoms with Gasteiger partial charge in [0.05, 0.1) is 51.5 Å². The average Bonchev–Trinajstić information content (AvgIpc) is 2.84. The van der Waals surface area contributed by atoms with Crippen LogP contribution in [-0.4, -0.2) is 202 Å². The third-order valence-electron chi connectivity index (χ3n) is 6.61. The first-order valence-electron chi connectivity index (χ1n) is 14.0. The highest BCUT2D eigenvalue weighted by molar-refractivity contribution is 5.72. The van der Waals surface area contributed by atoms with Crippen LogP contribution in [0.2, 0.25) is 0 Å². The Kier molecular flexibility index (Phi) is 17.0. The maximum atomic E-state index is 12.5. The number of β-amino-alcohol motifs (C(OH)–C–C–N with tert-alkyl or cyclic N) is 1. The van der Waals surface area contributed by atoms with E-state index in [2.05, 4.69) is 0 Å². The van der Waals surface area contributed by atoms with Gasteiger partial charge < -0.3 is 35.4 Å². The van der Waals surface area contributed by atoms with E-state index in [4.69, 9.17) is 4.74 Å². The van der Waals surface area contributed by atoms with Crippen molar-refractivity contribution in [3.05, 3.63) is 0 Å². The van der Waals surface area contributed by atoms with Crippen molar-refractivity contribution in [1.82, 2.24) is 24.5 Å². The molecule has 1 rings (SSSR count). The molecule has 42 heavy (non-hydrogen) atoms. The molecule has 1 heterocycles. The second-order valence-electron chi connectivity index (χ2n) is 11.5. The Hall–Kier alpha value is -2.44. The lowest BCUT2D eigenvalue weighted by Crippen LogP contribution is -2.52. The molecule has 0 saturated carbocycles. The van der Waals surface area contributed by atoms with Gasteiger partial charge in [-0.15, -0.1) is 0 Å². The van der Waals surface area contributed by atoms with Gasteiger partial charge in [-0.3, -0.25) is 43.7 Å². The summed E-state index contributed by atoms with van der Waals surface area (Å²) in [6.07, 6.45) is -1.05. The lowest BCUT2D eigenvalue weighted by Gasteiger charge is -2.35. The first kappa shape index (κ1) is 37.6. The molecule has 1 unspecified atom stereocenters. The Balaban J connectivity index is 3.07. The molecule has 1 fully saturated rings. The zero-order valence-electron chi connectivity index (χ0n) is 24.9. The molecule has 0 radical (unpaired) electrons. The zero-order chi connectivity index (χ0) is 31.9. The minimum absolute atomic E-state index is 0.0800. The van der Waals surface area contributed by atoms with Crippen molar-refractivity contribution in [3.63, 3.8) is 0 Å². The lowest BCUT2D eigenvalue weighted by molar-refractivity contribution is -0.157. The number of nitrogens with zero attached hydrogens (tertiary/aromatic N) is 5. The average molecular weight is 608 g/mol. The van der Waals surface area contributed by atoms with E-state index in [-0.39, 0.29) is 78.5 Å². The molecule has 0 aliphatic carbocycles. The zero-order valence-corrected chi connectivity index (χ0v) is 24.9. The third-order valence-corrected chi connectivity index (χ3v) is 6.61. The molecule has 16 nitrogen and oxygen atoms in total. The normalized spacial score (nSPS) is 18.4. The molecular formula is C26H49N5O11. The van der Waals surface area contributed by atoms with Gasteiger partial charge in [0.1, 0.15) is 5.60 Å². The molecule has 244 valence electrons. The molecule has 6 N–H and O–H groups in total. The molecule has 1 saturated heterocycles. The van der Waals surface area contributed by atoms with E-state index in [1.165, 1.54) is 4.90 Å². The number of carboxylic acids is 3. The van der Waals surface area contributed by atoms with Crippen LogP contribution in [0.1, 0.15) is 20.8 Å². The summed E-state index contributed by atoms with van der Waals surface area (Å²) in [7, 11) is 0. The van der Waals surface area contributed by atoms with Crippen LogP contribution >= 0.6 is 0 Å². The Morgan fingerprint density at radius 3 is 1.38 bits per heavy atom. The van der Waals surface area contributed by atoms with Gasteiger partial charge in [0.25, 0.3) is 0 Å². The van der Waals surface area contributed by atoms with Gasteiger partial charge in [-0.05, 0) is 20.8 Å². The summed E-state index contributed by atoms with van der Waals surface area (Å²) in [4.78, 5) is 55.1. The van der Waals surface area contributed by atoms with Gasteiger partial charge in [-0.1, -0.05) is 0 Å². The molecular weight excluding hydrogens is 558 g/mol. The summed E-state index contributed by atoms with van der Waals surface area (Å²) in [6.45, 7) is 5.46. The lowest BCUT2D eigenvalue weighted by atomic mass is 10.2. The van der Waals surface area contributed by atoms with Crippen LogP contribution < -0.4 is 0 Å². The smallest absolute Gasteiger partial charge is 0.320 e. The Morgan fingerprint density at radius 1 is 0.714 bits per heavy atom. The van der Waals surface area contributed by atoms with Crippen LogP contribution in [0.3, 0.4) is 0 Å². The van der Waals surface area contributed by atoms with Gasteiger partial charge in [-0.2, -0.15) is 0 Å². The highest BCUT2D eigenvalue weighted by Gasteiger charge is 2.27. The predicted octanol–water partition coefficient (Wildman–Crippen LogP) is -3.18. The van der Waals surface area contributed by atoms with Gasteiger partial charge in [0, 0.05) is 65.4 Å². The van der Waals surface area contributed by atoms with Crippen molar-refractivity contribution >= 4 is 23.9 Å². The fraction of sp³-hybridized carbons (Fsp3) is 0.846. The number of aliphatic carboxylic acids is 3. The van der Waals surface area contributed by atoms with Gasteiger partial charge in [0.2, 0.25) is 0 Å². The Labute approximate surface area is 246 Å². The highest BCUT2D eigenvalue weighted by Crippen LogP contribution is 2.10. The van der Waals surface area contributed by atoms with E-state index in [1.54, 1.807) is 35.5 Å². The predicted molar refractivity (Wildman–Crippen MR) is 150 cm³/mol. The van der Waals surface area contributed by atoms with E-state index < -0.39 is 54.8 Å². The topological polar surface area (TPSA) is 215 Å². The number of aliphatic hydroxyl groups is 3. The summed E-state index contributed by atoms with van der Waals surface area (Å²) in [5, 5.41) is 58.5. The van der Waals surface area contributed by atoms with Crippen LogP contribution in [0, 0.1) is 0 Å². The summed E-state index contributed by atoms with van der Waals surface area (Å²) >= 11 is 0. The maximum Gasteiger partial charge on any atom is 0.320 e. The minimum atomic E-state index is -1.05. The molecule has 1 aliphatic heterocycles. The SMILES string of the molecule is CC(C)(C)OC(=O)CN(CC(O)CN1CCN(CC(=O)O)CCN(CC(=O)O)CCN(CC(=O)O)CC1)C(CO)CO. The van der Waals surface area contributed by atoms with Crippen LogP contribution in [0.4, 0.5) is 0 Å². The van der Waals surface area contributed by atoms with Crippen molar-refractivity contribution in [2.75, 3.05) is 105 Å². The Morgan fingerprint density at radius 2 is 1.07 bits per heavy atom. The standard InChI is InChI=1S/C26H49N5O11/c1-26(2,3)42-25(41)17-31(20(18-32)19-33)13-21(34)12-27-4-6-28(14-22(35)36)8-10-30(16-24(39)40)11-9-29(7-5-27)15-23(37)38/h20-21,32-34H,4-19H2,1-3H3,(H,35,36)(H,37,38)(H,39,40). The summed E-state index contributed by atoms with van der Waals surface area (Å²) in [5.74, 6) is -3.70. The number of ether oxygens (including phenoxy) is 1. The van der Waals surface area contributed by atoms with Crippen molar-refractivity contribution in [2.24, 2.45) is 0 Å². The summed E-state index contributed by atoms with van der Waals surface area (Å²) in [5.41, 5.74) is -0.747. The van der Waals surface area contributed by atoms with Crippen molar-refractivity contribution in [1.29, 1.82) is 0 Å². The van der Waals surface area contributed by atoms with Crippen LogP contribution in [0.5, 0.6) is 0 Å². The van der Waals surface area contributed by atoms with E-state index in [0.29, 0.717) is 13.1 Å². The number of carbonyl (C=O) groups excluding carboxylic acids is 1. The third kappa shape index (κ3) is 16.9. The van der Waals surface area contributed by atoms with Gasteiger partial charge in [0.15, 0.2) is 0 Å². The first-order chi connectivity index (χ1) is 19.6. The van der Waals surface area contributed by atoms with Crippen molar-refractivity contribution < 1.29 is 54.6 Å². The van der Waals surface area contributed by atoms with Crippen molar-refractivity contribution in [3.8, 4) is 0 Å². The largest absolute Gasteiger partial charge is 0.480 e. The summed E-state index contributed by atoms with van der Waals surface area (Å²) < 4.78 is 5.35. The fourth-order valence-corrected chi connectivity index (χ4v) is 4.61. The van der Waals surface area contributed by atoms with E-state index in [9.17, 15) is 49.8 Å². The number of rotatable bonds is 15. The quantitative estimate of drug-likeness (QED) is 0.101. The highest BCUT2D eigenvalue weighted by atomic mass is 16.6. The molecule has 0 aromatic heterocycles. The second kappa shape index (κ2) is 19.0. The van der Waals surface area contributed by atoms with Crippen LogP contribution in [-0.2, 0) is 23.9 Å². The number of aliphatic hydroxyl groups excluding tert-OH is 3. The second-order valence-corrected chi connectivity index (χ2v) is 11.5. The molecule has 1 aliphatic rings. The molecule has 0 amide bonds. The number of esters is 1. The summed E-state index contributed by atoms with van der Waals surface area (Å²) in [6, 6.07) is -0.815. The number of hydrogen-bond acceptors (Lipinski definition) is 13. The molecule has 16 heteroatoms.